The van der Waals surface area contributed by atoms with Gasteiger partial charge in [0.1, 0.15) is 6.10 Å². The summed E-state index contributed by atoms with van der Waals surface area (Å²) in [5.41, 5.74) is -2.19. The minimum absolute atomic E-state index is 0.0295. The van der Waals surface area contributed by atoms with E-state index in [2.05, 4.69) is 22.1 Å². The molecule has 1 spiro atoms. The highest BCUT2D eigenvalue weighted by molar-refractivity contribution is 7.99. The predicted octanol–water partition coefficient (Wildman–Crippen LogP) is 3.61. The Bertz CT molecular complexity index is 1090. The third-order valence-electron chi connectivity index (χ3n) is 6.05. The van der Waals surface area contributed by atoms with Crippen molar-refractivity contribution in [2.45, 2.75) is 56.4 Å². The van der Waals surface area contributed by atoms with Gasteiger partial charge >= 0.3 is 11.9 Å². The lowest BCUT2D eigenvalue weighted by atomic mass is 9.77. The third kappa shape index (κ3) is 4.85. The van der Waals surface area contributed by atoms with Gasteiger partial charge in [0.25, 0.3) is 0 Å². The van der Waals surface area contributed by atoms with Gasteiger partial charge in [0.2, 0.25) is 5.16 Å². The quantitative estimate of drug-likeness (QED) is 0.222. The van der Waals surface area contributed by atoms with Crippen molar-refractivity contribution in [3.63, 3.8) is 0 Å². The molecule has 0 aliphatic carbocycles. The number of Topliss-reactive ketones (excluding diaryl/α,β-unsaturated/α-hetero) is 1. The summed E-state index contributed by atoms with van der Waals surface area (Å²) in [7, 11) is 0. The van der Waals surface area contributed by atoms with Gasteiger partial charge < -0.3 is 14.2 Å². The Morgan fingerprint density at radius 1 is 1.32 bits per heavy atom. The summed E-state index contributed by atoms with van der Waals surface area (Å²) >= 11 is 7.31. The Morgan fingerprint density at radius 3 is 2.88 bits per heavy atom. The molecule has 0 radical (unpaired) electrons. The molecular formula is C23H26ClN3O6S. The van der Waals surface area contributed by atoms with Gasteiger partial charge in [0, 0.05) is 25.0 Å². The fraction of sp³-hybridized carbons (Fsp3) is 0.522. The molecule has 2 fully saturated rings. The topological polar surface area (TPSA) is 120 Å². The van der Waals surface area contributed by atoms with Gasteiger partial charge in [-0.15, -0.1) is 5.10 Å². The first-order valence-electron chi connectivity index (χ1n) is 11.1. The van der Waals surface area contributed by atoms with Gasteiger partial charge in [-0.2, -0.15) is 0 Å². The summed E-state index contributed by atoms with van der Waals surface area (Å²) in [4.78, 5) is 42.8. The van der Waals surface area contributed by atoms with Crippen molar-refractivity contribution in [1.29, 1.82) is 0 Å². The van der Waals surface area contributed by atoms with Crippen LogP contribution in [0.25, 0.3) is 11.4 Å². The van der Waals surface area contributed by atoms with Gasteiger partial charge in [0.05, 0.1) is 17.4 Å². The van der Waals surface area contributed by atoms with Crippen LogP contribution in [0.15, 0.2) is 29.4 Å². The number of carbonyl (C=O) groups excluding carboxylic acids is 3. The summed E-state index contributed by atoms with van der Waals surface area (Å²) in [5, 5.41) is 7.82. The number of aromatic nitrogens is 3. The number of hydrogen-bond acceptors (Lipinski definition) is 9. The van der Waals surface area contributed by atoms with E-state index in [9.17, 15) is 14.4 Å². The van der Waals surface area contributed by atoms with E-state index in [0.717, 1.165) is 24.6 Å². The molecule has 3 heterocycles. The highest BCUT2D eigenvalue weighted by Crippen LogP contribution is 2.49. The Kier molecular flexibility index (Phi) is 7.30. The van der Waals surface area contributed by atoms with E-state index in [1.165, 1.54) is 6.92 Å². The highest BCUT2D eigenvalue weighted by Gasteiger charge is 2.66. The lowest BCUT2D eigenvalue weighted by Gasteiger charge is -2.20. The van der Waals surface area contributed by atoms with Crippen LogP contribution in [0.1, 0.15) is 39.5 Å². The average Bonchev–Trinajstić information content (AvgIpc) is 3.47. The van der Waals surface area contributed by atoms with Crippen LogP contribution in [-0.4, -0.2) is 63.6 Å². The maximum atomic E-state index is 13.0. The number of hydrogen-bond donors (Lipinski definition) is 1. The molecule has 4 rings (SSSR count). The number of ether oxygens (including phenoxy) is 3. The maximum Gasteiger partial charge on any atom is 0.324 e. The number of aromatic amines is 1. The van der Waals surface area contributed by atoms with Crippen LogP contribution in [0.4, 0.5) is 0 Å². The summed E-state index contributed by atoms with van der Waals surface area (Å²) in [6, 6.07) is 7.20. The van der Waals surface area contributed by atoms with Crippen molar-refractivity contribution >= 4 is 41.1 Å². The smallest absolute Gasteiger partial charge is 0.324 e. The first kappa shape index (κ1) is 24.7. The number of carbonyl (C=O) groups is 3. The molecule has 1 N–H and O–H groups in total. The molecule has 0 bridgehead atoms. The number of ketones is 1. The molecule has 34 heavy (non-hydrogen) atoms. The average molecular weight is 508 g/mol. The van der Waals surface area contributed by atoms with E-state index >= 15 is 0 Å². The second kappa shape index (κ2) is 10.1. The van der Waals surface area contributed by atoms with Crippen molar-refractivity contribution < 1.29 is 28.6 Å². The number of thioether (sulfide) groups is 1. The fourth-order valence-electron chi connectivity index (χ4n) is 4.15. The zero-order valence-corrected chi connectivity index (χ0v) is 20.5. The molecule has 0 saturated carbocycles. The standard InChI is InChI=1S/C23H26ClN3O6S/c1-3-4-9-31-11-14-10-23(19(29)32-14)13-22(2,33-20(23)30)17(28)12-34-21-25-18(26-27-21)15-7-5-6-8-16(15)24/h5-8,14H,3-4,9-13H2,1-2H3,(H,25,26,27)/t14-,22+,23+/m1/s1. The number of cyclic esters (lactones) is 2. The van der Waals surface area contributed by atoms with E-state index in [1.807, 2.05) is 18.2 Å². The van der Waals surface area contributed by atoms with Crippen molar-refractivity contribution in [3.05, 3.63) is 29.3 Å². The highest BCUT2D eigenvalue weighted by atomic mass is 35.5. The van der Waals surface area contributed by atoms with Crippen LogP contribution in [0.3, 0.4) is 0 Å². The molecule has 11 heteroatoms. The van der Waals surface area contributed by atoms with Gasteiger partial charge in [-0.25, -0.2) is 4.98 Å². The van der Waals surface area contributed by atoms with Crippen molar-refractivity contribution in [3.8, 4) is 11.4 Å². The zero-order chi connectivity index (χ0) is 24.3. The summed E-state index contributed by atoms with van der Waals surface area (Å²) < 4.78 is 16.4. The number of rotatable bonds is 10. The van der Waals surface area contributed by atoms with E-state index in [4.69, 9.17) is 25.8 Å². The lowest BCUT2D eigenvalue weighted by Crippen LogP contribution is -2.38. The molecule has 0 unspecified atom stereocenters. The van der Waals surface area contributed by atoms with E-state index in [-0.39, 0.29) is 31.0 Å². The van der Waals surface area contributed by atoms with Crippen LogP contribution in [0.5, 0.6) is 0 Å². The first-order valence-corrected chi connectivity index (χ1v) is 12.5. The number of H-pyrrole nitrogens is 1. The van der Waals surface area contributed by atoms with E-state index < -0.39 is 29.1 Å². The molecule has 2 aliphatic rings. The van der Waals surface area contributed by atoms with Gasteiger partial charge in [0.15, 0.2) is 22.6 Å². The number of esters is 2. The largest absolute Gasteiger partial charge is 0.459 e. The Hall–Kier alpha value is -2.43. The molecule has 182 valence electrons. The lowest BCUT2D eigenvalue weighted by molar-refractivity contribution is -0.162. The van der Waals surface area contributed by atoms with Crippen LogP contribution in [0, 0.1) is 5.41 Å². The second-order valence-corrected chi connectivity index (χ2v) is 10.0. The molecule has 0 amide bonds. The third-order valence-corrected chi connectivity index (χ3v) is 7.23. The van der Waals surface area contributed by atoms with Crippen LogP contribution in [0.2, 0.25) is 5.02 Å². The summed E-state index contributed by atoms with van der Waals surface area (Å²) in [6.45, 7) is 4.38. The van der Waals surface area contributed by atoms with Gasteiger partial charge in [-0.05, 0) is 25.5 Å². The monoisotopic (exact) mass is 507 g/mol. The van der Waals surface area contributed by atoms with Crippen LogP contribution < -0.4 is 0 Å². The Balaban J connectivity index is 1.37. The number of nitrogens with zero attached hydrogens (tertiary/aromatic N) is 2. The molecule has 3 atom stereocenters. The normalized spacial score (nSPS) is 26.1. The second-order valence-electron chi connectivity index (χ2n) is 8.70. The number of benzene rings is 1. The van der Waals surface area contributed by atoms with Gasteiger partial charge in [-0.3, -0.25) is 19.5 Å². The van der Waals surface area contributed by atoms with E-state index in [1.54, 1.807) is 6.07 Å². The van der Waals surface area contributed by atoms with E-state index in [0.29, 0.717) is 28.2 Å². The molecular weight excluding hydrogens is 482 g/mol. The zero-order valence-electron chi connectivity index (χ0n) is 19.0. The SMILES string of the molecule is CCCCOC[C@H]1C[C@]2(C[C@@](C)(C(=O)CSc3n[nH]c(-c4ccccc4Cl)n3)OC2=O)C(=O)O1. The Morgan fingerprint density at radius 2 is 2.12 bits per heavy atom. The first-order chi connectivity index (χ1) is 16.3. The van der Waals surface area contributed by atoms with Crippen LogP contribution in [-0.2, 0) is 28.6 Å². The summed E-state index contributed by atoms with van der Waals surface area (Å²) in [6.07, 6.45) is 1.47. The van der Waals surface area contributed by atoms with Crippen molar-refractivity contribution in [2.75, 3.05) is 19.0 Å². The number of unbranched alkanes of at least 4 members (excludes halogenated alkanes) is 1. The van der Waals surface area contributed by atoms with Crippen molar-refractivity contribution in [2.24, 2.45) is 5.41 Å². The molecule has 9 nitrogen and oxygen atoms in total. The van der Waals surface area contributed by atoms with Crippen molar-refractivity contribution in [1.82, 2.24) is 15.2 Å². The fourth-order valence-corrected chi connectivity index (χ4v) is 5.21. The number of nitrogens with one attached hydrogen (secondary N) is 1. The summed E-state index contributed by atoms with van der Waals surface area (Å²) in [5.74, 6) is -1.24. The van der Waals surface area contributed by atoms with Crippen LogP contribution >= 0.6 is 23.4 Å². The molecule has 1 aromatic carbocycles. The molecule has 1 aromatic heterocycles. The Labute approximate surface area is 206 Å². The molecule has 2 saturated heterocycles. The maximum absolute atomic E-state index is 13.0. The molecule has 2 aliphatic heterocycles. The number of halogens is 1. The predicted molar refractivity (Wildman–Crippen MR) is 124 cm³/mol. The van der Waals surface area contributed by atoms with Gasteiger partial charge in [-0.1, -0.05) is 48.8 Å². The molecule has 2 aromatic rings. The minimum Gasteiger partial charge on any atom is -0.459 e. The minimum atomic E-state index is -1.46.